The Morgan fingerprint density at radius 2 is 1.83 bits per heavy atom. The highest BCUT2D eigenvalue weighted by atomic mass is 32.2. The topological polar surface area (TPSA) is 71.1 Å². The van der Waals surface area contributed by atoms with Crippen molar-refractivity contribution in [3.63, 3.8) is 0 Å². The van der Waals surface area contributed by atoms with Crippen molar-refractivity contribution in [2.75, 3.05) is 10.0 Å². The largest absolute Gasteiger partial charge is 0.340 e. The third-order valence-corrected chi connectivity index (χ3v) is 6.16. The van der Waals surface area contributed by atoms with Gasteiger partial charge < -0.3 is 5.32 Å². The van der Waals surface area contributed by atoms with E-state index in [4.69, 9.17) is 0 Å². The molecule has 7 heteroatoms. The van der Waals surface area contributed by atoms with Gasteiger partial charge in [0.05, 0.1) is 11.9 Å². The molecule has 2 N–H and O–H groups in total. The summed E-state index contributed by atoms with van der Waals surface area (Å²) in [5, 5.41) is 3.18. The number of nitrogens with one attached hydrogen (secondary N) is 2. The average Bonchev–Trinajstić information content (AvgIpc) is 2.97. The predicted octanol–water partition coefficient (Wildman–Crippen LogP) is 4.30. The minimum Gasteiger partial charge on any atom is -0.340 e. The number of aromatic nitrogens is 1. The predicted molar refractivity (Wildman–Crippen MR) is 98.6 cm³/mol. The number of pyridine rings is 1. The van der Waals surface area contributed by atoms with Gasteiger partial charge in [0.1, 0.15) is 10.0 Å². The third kappa shape index (κ3) is 3.93. The molecule has 2 aromatic heterocycles. The lowest BCUT2D eigenvalue weighted by Crippen LogP contribution is -2.11. The molecule has 124 valence electrons. The van der Waals surface area contributed by atoms with Crippen molar-refractivity contribution >= 4 is 38.6 Å². The standard InChI is InChI=1S/C17H17N3O2S2/c1-12-4-3-5-14(10-12)19-16-8-7-15(11-18-16)20-24(21,22)17-9-6-13(2)23-17/h3-11,20H,1-2H3,(H,18,19). The van der Waals surface area contributed by atoms with E-state index in [0.717, 1.165) is 16.1 Å². The molecule has 3 rings (SSSR count). The average molecular weight is 359 g/mol. The SMILES string of the molecule is Cc1cccc(Nc2ccc(NS(=O)(=O)c3ccc(C)s3)cn2)c1. The van der Waals surface area contributed by atoms with Gasteiger partial charge in [-0.05, 0) is 55.8 Å². The molecular weight excluding hydrogens is 342 g/mol. The van der Waals surface area contributed by atoms with E-state index in [1.165, 1.54) is 17.5 Å². The maximum absolute atomic E-state index is 12.3. The summed E-state index contributed by atoms with van der Waals surface area (Å²) in [5.74, 6) is 0.649. The number of rotatable bonds is 5. The number of benzene rings is 1. The van der Waals surface area contributed by atoms with Gasteiger partial charge in [-0.2, -0.15) is 0 Å². The van der Waals surface area contributed by atoms with Crippen LogP contribution in [0.2, 0.25) is 0 Å². The summed E-state index contributed by atoms with van der Waals surface area (Å²) in [6.45, 7) is 3.89. The fraction of sp³-hybridized carbons (Fsp3) is 0.118. The zero-order valence-corrected chi connectivity index (χ0v) is 14.9. The van der Waals surface area contributed by atoms with Crippen LogP contribution < -0.4 is 10.0 Å². The van der Waals surface area contributed by atoms with Crippen LogP contribution in [0, 0.1) is 13.8 Å². The number of sulfonamides is 1. The summed E-state index contributed by atoms with van der Waals surface area (Å²) in [5.41, 5.74) is 2.51. The van der Waals surface area contributed by atoms with E-state index < -0.39 is 10.0 Å². The number of hydrogen-bond acceptors (Lipinski definition) is 5. The molecule has 0 spiro atoms. The van der Waals surface area contributed by atoms with Gasteiger partial charge in [0, 0.05) is 10.6 Å². The molecule has 5 nitrogen and oxygen atoms in total. The molecule has 0 bridgehead atoms. The third-order valence-electron chi connectivity index (χ3n) is 3.29. The quantitative estimate of drug-likeness (QED) is 0.712. The normalized spacial score (nSPS) is 11.2. The van der Waals surface area contributed by atoms with Crippen LogP contribution >= 0.6 is 11.3 Å². The first-order valence-corrected chi connectivity index (χ1v) is 9.61. The highest BCUT2D eigenvalue weighted by Crippen LogP contribution is 2.24. The first kappa shape index (κ1) is 16.5. The Morgan fingerprint density at radius 3 is 2.46 bits per heavy atom. The lowest BCUT2D eigenvalue weighted by atomic mass is 10.2. The summed E-state index contributed by atoms with van der Waals surface area (Å²) in [4.78, 5) is 5.20. The molecule has 0 atom stereocenters. The van der Waals surface area contributed by atoms with Crippen LogP contribution in [0.1, 0.15) is 10.4 Å². The number of hydrogen-bond donors (Lipinski definition) is 2. The molecule has 24 heavy (non-hydrogen) atoms. The second-order valence-corrected chi connectivity index (χ2v) is 8.59. The summed E-state index contributed by atoms with van der Waals surface area (Å²) < 4.78 is 27.4. The molecule has 1 aromatic carbocycles. The number of anilines is 3. The van der Waals surface area contributed by atoms with Gasteiger partial charge in [0.2, 0.25) is 0 Å². The first-order chi connectivity index (χ1) is 11.4. The van der Waals surface area contributed by atoms with Gasteiger partial charge in [0.25, 0.3) is 10.0 Å². The van der Waals surface area contributed by atoms with Crippen LogP contribution in [0.25, 0.3) is 0 Å². The Labute approximate surface area is 145 Å². The number of thiophene rings is 1. The van der Waals surface area contributed by atoms with Crippen LogP contribution in [0.15, 0.2) is 58.9 Å². The van der Waals surface area contributed by atoms with Crippen LogP contribution in [0.5, 0.6) is 0 Å². The van der Waals surface area contributed by atoms with Crippen molar-refractivity contribution in [3.05, 3.63) is 65.2 Å². The molecule has 0 aliphatic carbocycles. The van der Waals surface area contributed by atoms with Crippen molar-refractivity contribution < 1.29 is 8.42 Å². The van der Waals surface area contributed by atoms with Gasteiger partial charge in [-0.1, -0.05) is 12.1 Å². The maximum atomic E-state index is 12.3. The minimum atomic E-state index is -3.56. The lowest BCUT2D eigenvalue weighted by molar-refractivity contribution is 0.603. The number of aryl methyl sites for hydroxylation is 2. The fourth-order valence-corrected chi connectivity index (χ4v) is 4.49. The Hall–Kier alpha value is -2.38. The second kappa shape index (κ2) is 6.62. The van der Waals surface area contributed by atoms with Gasteiger partial charge in [-0.3, -0.25) is 4.72 Å². The Kier molecular flexibility index (Phi) is 4.55. The lowest BCUT2D eigenvalue weighted by Gasteiger charge is -2.09. The highest BCUT2D eigenvalue weighted by Gasteiger charge is 2.16. The molecule has 0 aliphatic heterocycles. The van der Waals surface area contributed by atoms with E-state index in [9.17, 15) is 8.42 Å². The van der Waals surface area contributed by atoms with E-state index in [1.807, 2.05) is 38.1 Å². The van der Waals surface area contributed by atoms with E-state index in [2.05, 4.69) is 15.0 Å². The summed E-state index contributed by atoms with van der Waals surface area (Å²) in [6.07, 6.45) is 1.50. The highest BCUT2D eigenvalue weighted by molar-refractivity contribution is 7.94. The van der Waals surface area contributed by atoms with E-state index in [0.29, 0.717) is 15.7 Å². The summed E-state index contributed by atoms with van der Waals surface area (Å²) in [6, 6.07) is 14.7. The fourth-order valence-electron chi connectivity index (χ4n) is 2.16. The van der Waals surface area contributed by atoms with E-state index >= 15 is 0 Å². The Morgan fingerprint density at radius 1 is 1.00 bits per heavy atom. The molecule has 0 saturated heterocycles. The second-order valence-electron chi connectivity index (χ2n) is 5.40. The number of nitrogens with zero attached hydrogens (tertiary/aromatic N) is 1. The van der Waals surface area contributed by atoms with Gasteiger partial charge in [-0.25, -0.2) is 13.4 Å². The first-order valence-electron chi connectivity index (χ1n) is 7.31. The summed E-state index contributed by atoms with van der Waals surface area (Å²) in [7, 11) is -3.56. The Balaban J connectivity index is 1.73. The molecule has 2 heterocycles. The molecule has 0 radical (unpaired) electrons. The van der Waals surface area contributed by atoms with Crippen molar-refractivity contribution in [3.8, 4) is 0 Å². The zero-order valence-electron chi connectivity index (χ0n) is 13.3. The van der Waals surface area contributed by atoms with Crippen LogP contribution in [0.4, 0.5) is 17.2 Å². The molecule has 0 amide bonds. The Bertz CT molecular complexity index is 948. The van der Waals surface area contributed by atoms with Crippen molar-refractivity contribution in [1.29, 1.82) is 0 Å². The van der Waals surface area contributed by atoms with Crippen LogP contribution in [-0.2, 0) is 10.0 Å². The maximum Gasteiger partial charge on any atom is 0.271 e. The summed E-state index contributed by atoms with van der Waals surface area (Å²) >= 11 is 1.24. The van der Waals surface area contributed by atoms with E-state index in [-0.39, 0.29) is 0 Å². The van der Waals surface area contributed by atoms with Crippen LogP contribution in [-0.4, -0.2) is 13.4 Å². The van der Waals surface area contributed by atoms with Gasteiger partial charge >= 0.3 is 0 Å². The molecule has 0 unspecified atom stereocenters. The molecule has 0 saturated carbocycles. The molecule has 3 aromatic rings. The van der Waals surface area contributed by atoms with Crippen LogP contribution in [0.3, 0.4) is 0 Å². The minimum absolute atomic E-state index is 0.293. The smallest absolute Gasteiger partial charge is 0.271 e. The van der Waals surface area contributed by atoms with Gasteiger partial charge in [0.15, 0.2) is 0 Å². The van der Waals surface area contributed by atoms with E-state index in [1.54, 1.807) is 24.3 Å². The monoisotopic (exact) mass is 359 g/mol. The van der Waals surface area contributed by atoms with Crippen molar-refractivity contribution in [2.45, 2.75) is 18.1 Å². The van der Waals surface area contributed by atoms with Gasteiger partial charge in [-0.15, -0.1) is 11.3 Å². The van der Waals surface area contributed by atoms with Crippen molar-refractivity contribution in [2.24, 2.45) is 0 Å². The van der Waals surface area contributed by atoms with Crippen molar-refractivity contribution in [1.82, 2.24) is 4.98 Å². The molecule has 0 aliphatic rings. The molecule has 0 fully saturated rings. The molecular formula is C17H17N3O2S2. The zero-order chi connectivity index (χ0) is 17.2.